The molecule has 3 unspecified atom stereocenters. The van der Waals surface area contributed by atoms with Crippen molar-refractivity contribution in [2.75, 3.05) is 13.2 Å². The second-order valence-corrected chi connectivity index (χ2v) is 3.84. The van der Waals surface area contributed by atoms with Crippen LogP contribution in [0.2, 0.25) is 0 Å². The minimum absolute atomic E-state index is 0.00606. The van der Waals surface area contributed by atoms with E-state index >= 15 is 0 Å². The molecule has 4 N–H and O–H groups in total. The van der Waals surface area contributed by atoms with E-state index in [0.717, 1.165) is 13.0 Å². The molecule has 76 valence electrons. The van der Waals surface area contributed by atoms with Gasteiger partial charge in [-0.2, -0.15) is 0 Å². The van der Waals surface area contributed by atoms with Gasteiger partial charge in [0, 0.05) is 12.6 Å². The van der Waals surface area contributed by atoms with Crippen LogP contribution in [0.25, 0.3) is 0 Å². The third kappa shape index (κ3) is 2.00. The van der Waals surface area contributed by atoms with Crippen molar-refractivity contribution in [3.05, 3.63) is 0 Å². The summed E-state index contributed by atoms with van der Waals surface area (Å²) < 4.78 is 0. The normalized spacial score (nSPS) is 31.9. The summed E-state index contributed by atoms with van der Waals surface area (Å²) in [4.78, 5) is 2.18. The number of hydrogen-bond acceptors (Lipinski definition) is 3. The first-order valence-electron chi connectivity index (χ1n) is 4.78. The Morgan fingerprint density at radius 3 is 2.77 bits per heavy atom. The molecule has 1 fully saturated rings. The minimum atomic E-state index is 0.00606. The average Bonchev–Trinajstić information content (AvgIpc) is 2.45. The van der Waals surface area contributed by atoms with E-state index < -0.39 is 0 Å². The van der Waals surface area contributed by atoms with Gasteiger partial charge >= 0.3 is 0 Å². The molecule has 1 rings (SSSR count). The van der Waals surface area contributed by atoms with E-state index in [9.17, 15) is 0 Å². The Balaban J connectivity index is 2.58. The molecule has 0 radical (unpaired) electrons. The molecule has 13 heavy (non-hydrogen) atoms. The highest BCUT2D eigenvalue weighted by Crippen LogP contribution is 2.25. The highest BCUT2D eigenvalue weighted by molar-refractivity contribution is 5.82. The molecular formula is C9H19N3O. The van der Waals surface area contributed by atoms with Crippen molar-refractivity contribution in [2.24, 2.45) is 11.7 Å². The van der Waals surface area contributed by atoms with Crippen molar-refractivity contribution in [3.8, 4) is 0 Å². The monoisotopic (exact) mass is 185 g/mol. The molecule has 0 aliphatic carbocycles. The highest BCUT2D eigenvalue weighted by Gasteiger charge is 2.33. The van der Waals surface area contributed by atoms with Crippen LogP contribution in [0.5, 0.6) is 0 Å². The number of aliphatic hydroxyl groups is 1. The van der Waals surface area contributed by atoms with Gasteiger partial charge in [0.25, 0.3) is 0 Å². The Morgan fingerprint density at radius 1 is 1.77 bits per heavy atom. The summed E-state index contributed by atoms with van der Waals surface area (Å²) in [6, 6.07) is 0.343. The zero-order chi connectivity index (χ0) is 10.0. The van der Waals surface area contributed by atoms with Gasteiger partial charge in [-0.1, -0.05) is 0 Å². The molecule has 0 aromatic heterocycles. The molecular weight excluding hydrogens is 166 g/mol. The van der Waals surface area contributed by atoms with Gasteiger partial charge in [0.15, 0.2) is 0 Å². The fourth-order valence-corrected chi connectivity index (χ4v) is 2.00. The number of rotatable bonds is 3. The van der Waals surface area contributed by atoms with Gasteiger partial charge in [-0.25, -0.2) is 0 Å². The molecule has 1 aliphatic rings. The van der Waals surface area contributed by atoms with Crippen molar-refractivity contribution in [2.45, 2.75) is 32.4 Å². The lowest BCUT2D eigenvalue weighted by atomic mass is 10.0. The summed E-state index contributed by atoms with van der Waals surface area (Å²) >= 11 is 0. The van der Waals surface area contributed by atoms with Crippen molar-refractivity contribution < 1.29 is 5.11 Å². The van der Waals surface area contributed by atoms with Gasteiger partial charge in [-0.15, -0.1) is 0 Å². The molecule has 0 saturated carbocycles. The van der Waals surface area contributed by atoms with Gasteiger partial charge in [0.2, 0.25) is 0 Å². The number of amidine groups is 1. The maximum atomic E-state index is 9.06. The molecule has 0 bridgehead atoms. The van der Waals surface area contributed by atoms with Crippen LogP contribution in [0.15, 0.2) is 0 Å². The standard InChI is InChI=1S/C9H19N3O/c1-6-8(5-13)3-4-12(6)7(2)9(10)11/h6-8,13H,3-5H2,1-2H3,(H3,10,11). The quantitative estimate of drug-likeness (QED) is 0.428. The molecule has 4 nitrogen and oxygen atoms in total. The summed E-state index contributed by atoms with van der Waals surface area (Å²) in [5.74, 6) is 0.562. The van der Waals surface area contributed by atoms with E-state index in [1.807, 2.05) is 6.92 Å². The van der Waals surface area contributed by atoms with Crippen molar-refractivity contribution in [1.82, 2.24) is 4.90 Å². The second-order valence-electron chi connectivity index (χ2n) is 3.84. The van der Waals surface area contributed by atoms with E-state index in [-0.39, 0.29) is 18.5 Å². The molecule has 0 spiro atoms. The molecule has 0 aromatic rings. The number of hydrogen-bond donors (Lipinski definition) is 3. The lowest BCUT2D eigenvalue weighted by molar-refractivity contribution is 0.168. The van der Waals surface area contributed by atoms with Gasteiger partial charge in [-0.05, 0) is 32.7 Å². The Hall–Kier alpha value is -0.610. The zero-order valence-electron chi connectivity index (χ0n) is 8.33. The summed E-state index contributed by atoms with van der Waals surface area (Å²) in [6.45, 7) is 5.21. The third-order valence-corrected chi connectivity index (χ3v) is 3.15. The van der Waals surface area contributed by atoms with E-state index in [0.29, 0.717) is 12.0 Å². The predicted molar refractivity (Wildman–Crippen MR) is 52.7 cm³/mol. The van der Waals surface area contributed by atoms with Crippen LogP contribution >= 0.6 is 0 Å². The summed E-state index contributed by atoms with van der Waals surface area (Å²) in [5.41, 5.74) is 5.44. The number of nitrogens with two attached hydrogens (primary N) is 1. The van der Waals surface area contributed by atoms with E-state index in [2.05, 4.69) is 11.8 Å². The first-order valence-corrected chi connectivity index (χ1v) is 4.78. The molecule has 0 aromatic carbocycles. The fraction of sp³-hybridized carbons (Fsp3) is 0.889. The van der Waals surface area contributed by atoms with Crippen molar-refractivity contribution >= 4 is 5.84 Å². The average molecular weight is 185 g/mol. The maximum Gasteiger partial charge on any atom is 0.108 e. The third-order valence-electron chi connectivity index (χ3n) is 3.15. The first-order chi connectivity index (χ1) is 6.07. The first kappa shape index (κ1) is 10.5. The molecule has 0 amide bonds. The minimum Gasteiger partial charge on any atom is -0.396 e. The fourth-order valence-electron chi connectivity index (χ4n) is 2.00. The Kier molecular flexibility index (Phi) is 3.27. The molecule has 1 heterocycles. The number of aliphatic hydroxyl groups excluding tert-OH is 1. The van der Waals surface area contributed by atoms with Gasteiger partial charge in [-0.3, -0.25) is 10.3 Å². The van der Waals surface area contributed by atoms with Crippen LogP contribution in [0.3, 0.4) is 0 Å². The number of nitrogens with one attached hydrogen (secondary N) is 1. The van der Waals surface area contributed by atoms with Crippen molar-refractivity contribution in [1.29, 1.82) is 5.41 Å². The molecule has 1 saturated heterocycles. The van der Waals surface area contributed by atoms with Crippen LogP contribution in [0.1, 0.15) is 20.3 Å². The summed E-state index contributed by atoms with van der Waals surface area (Å²) in [6.07, 6.45) is 1.01. The second kappa shape index (κ2) is 4.07. The smallest absolute Gasteiger partial charge is 0.108 e. The van der Waals surface area contributed by atoms with Crippen LogP contribution in [0.4, 0.5) is 0 Å². The van der Waals surface area contributed by atoms with Crippen LogP contribution < -0.4 is 5.73 Å². The summed E-state index contributed by atoms with van der Waals surface area (Å²) in [5, 5.41) is 16.4. The van der Waals surface area contributed by atoms with Gasteiger partial charge < -0.3 is 10.8 Å². The molecule has 1 aliphatic heterocycles. The Labute approximate surface area is 79.2 Å². The lowest BCUT2D eigenvalue weighted by Gasteiger charge is -2.29. The number of nitrogens with zero attached hydrogens (tertiary/aromatic N) is 1. The van der Waals surface area contributed by atoms with Gasteiger partial charge in [0.05, 0.1) is 6.04 Å². The van der Waals surface area contributed by atoms with E-state index in [1.54, 1.807) is 0 Å². The largest absolute Gasteiger partial charge is 0.396 e. The van der Waals surface area contributed by atoms with Crippen LogP contribution in [-0.4, -0.2) is 41.1 Å². The van der Waals surface area contributed by atoms with E-state index in [1.165, 1.54) is 0 Å². The number of likely N-dealkylation sites (tertiary alicyclic amines) is 1. The summed E-state index contributed by atoms with van der Waals surface area (Å²) in [7, 11) is 0. The Bertz CT molecular complexity index is 195. The lowest BCUT2D eigenvalue weighted by Crippen LogP contribution is -2.45. The maximum absolute atomic E-state index is 9.06. The topological polar surface area (TPSA) is 73.3 Å². The molecule has 3 atom stereocenters. The van der Waals surface area contributed by atoms with Crippen LogP contribution in [-0.2, 0) is 0 Å². The van der Waals surface area contributed by atoms with E-state index in [4.69, 9.17) is 16.2 Å². The highest BCUT2D eigenvalue weighted by atomic mass is 16.3. The van der Waals surface area contributed by atoms with Gasteiger partial charge in [0.1, 0.15) is 5.84 Å². The molecule has 4 heteroatoms. The van der Waals surface area contributed by atoms with Crippen LogP contribution in [0, 0.1) is 11.3 Å². The SMILES string of the molecule is CC(C(=N)N)N1CCC(CO)C1C. The Morgan fingerprint density at radius 2 is 2.38 bits per heavy atom. The zero-order valence-corrected chi connectivity index (χ0v) is 8.33. The van der Waals surface area contributed by atoms with Crippen molar-refractivity contribution in [3.63, 3.8) is 0 Å². The predicted octanol–water partition coefficient (Wildman–Crippen LogP) is 0.0136.